The molecule has 4 nitrogen and oxygen atoms in total. The van der Waals surface area contributed by atoms with Crippen LogP contribution in [0.5, 0.6) is 11.5 Å². The van der Waals surface area contributed by atoms with Crippen molar-refractivity contribution in [3.63, 3.8) is 0 Å². The Morgan fingerprint density at radius 1 is 1.16 bits per heavy atom. The molecule has 0 bridgehead atoms. The molecule has 4 heteroatoms. The molecule has 0 spiro atoms. The van der Waals surface area contributed by atoms with Gasteiger partial charge in [0.15, 0.2) is 17.3 Å². The average Bonchev–Trinajstić information content (AvgIpc) is 2.46. The van der Waals surface area contributed by atoms with Crippen LogP contribution in [-0.2, 0) is 0 Å². The second-order valence-electron chi connectivity index (χ2n) is 4.46. The molecule has 1 rings (SSSR count). The number of ketones is 1. The van der Waals surface area contributed by atoms with Crippen molar-refractivity contribution in [3.8, 4) is 11.5 Å². The molecular formula is C15H22O4. The number of methoxy groups -OCH3 is 2. The number of aliphatic hydroxyl groups excluding tert-OH is 1. The Bertz CT molecular complexity index is 424. The normalized spacial score (nSPS) is 12.3. The standard InChI is InChI=1S/C15H22O4/c1-5-10(6-2)14(16)15(17)11-7-8-12(18-3)13(9-11)19-4/h7-10,14,16H,5-6H2,1-4H3. The first-order valence-corrected chi connectivity index (χ1v) is 6.53. The first kappa shape index (κ1) is 15.5. The van der Waals surface area contributed by atoms with E-state index < -0.39 is 6.10 Å². The van der Waals surface area contributed by atoms with E-state index in [9.17, 15) is 9.90 Å². The number of ether oxygens (including phenoxy) is 2. The topological polar surface area (TPSA) is 55.8 Å². The van der Waals surface area contributed by atoms with Gasteiger partial charge in [0, 0.05) is 5.56 Å². The third kappa shape index (κ3) is 3.47. The lowest BCUT2D eigenvalue weighted by molar-refractivity contribution is 0.0587. The Kier molecular flexibility index (Phi) is 5.83. The smallest absolute Gasteiger partial charge is 0.191 e. The van der Waals surface area contributed by atoms with E-state index in [1.807, 2.05) is 13.8 Å². The molecule has 0 saturated carbocycles. The van der Waals surface area contributed by atoms with E-state index in [0.29, 0.717) is 17.1 Å². The molecule has 0 amide bonds. The second-order valence-corrected chi connectivity index (χ2v) is 4.46. The van der Waals surface area contributed by atoms with Crippen molar-refractivity contribution in [2.45, 2.75) is 32.8 Å². The molecule has 0 heterocycles. The highest BCUT2D eigenvalue weighted by Crippen LogP contribution is 2.29. The summed E-state index contributed by atoms with van der Waals surface area (Å²) in [7, 11) is 3.06. The molecule has 19 heavy (non-hydrogen) atoms. The summed E-state index contributed by atoms with van der Waals surface area (Å²) in [6, 6.07) is 4.92. The molecule has 1 aromatic rings. The number of hydrogen-bond donors (Lipinski definition) is 1. The van der Waals surface area contributed by atoms with Crippen molar-refractivity contribution in [2.24, 2.45) is 5.92 Å². The van der Waals surface area contributed by atoms with Gasteiger partial charge in [0.05, 0.1) is 14.2 Å². The Balaban J connectivity index is 2.99. The number of carbonyl (C=O) groups is 1. The van der Waals surface area contributed by atoms with Gasteiger partial charge in [-0.15, -0.1) is 0 Å². The molecule has 1 aromatic carbocycles. The number of carbonyl (C=O) groups excluding carboxylic acids is 1. The van der Waals surface area contributed by atoms with E-state index in [0.717, 1.165) is 12.8 Å². The van der Waals surface area contributed by atoms with Gasteiger partial charge in [0.1, 0.15) is 6.10 Å². The van der Waals surface area contributed by atoms with Crippen LogP contribution in [0, 0.1) is 5.92 Å². The highest BCUT2D eigenvalue weighted by Gasteiger charge is 2.25. The zero-order chi connectivity index (χ0) is 14.4. The predicted octanol–water partition coefficient (Wildman–Crippen LogP) is 2.68. The van der Waals surface area contributed by atoms with Gasteiger partial charge in [-0.1, -0.05) is 26.7 Å². The molecule has 1 N–H and O–H groups in total. The number of hydrogen-bond acceptors (Lipinski definition) is 4. The molecule has 0 saturated heterocycles. The molecular weight excluding hydrogens is 244 g/mol. The van der Waals surface area contributed by atoms with Crippen LogP contribution in [0.15, 0.2) is 18.2 Å². The van der Waals surface area contributed by atoms with Crippen LogP contribution in [0.25, 0.3) is 0 Å². The van der Waals surface area contributed by atoms with E-state index in [4.69, 9.17) is 9.47 Å². The van der Waals surface area contributed by atoms with Gasteiger partial charge in [-0.3, -0.25) is 4.79 Å². The largest absolute Gasteiger partial charge is 0.493 e. The van der Waals surface area contributed by atoms with Crippen LogP contribution in [0.3, 0.4) is 0 Å². The maximum absolute atomic E-state index is 12.2. The molecule has 0 aliphatic heterocycles. The number of aliphatic hydroxyl groups is 1. The van der Waals surface area contributed by atoms with Gasteiger partial charge in [-0.05, 0) is 24.1 Å². The first-order chi connectivity index (χ1) is 9.08. The van der Waals surface area contributed by atoms with Gasteiger partial charge in [-0.25, -0.2) is 0 Å². The predicted molar refractivity (Wildman–Crippen MR) is 74.0 cm³/mol. The summed E-state index contributed by atoms with van der Waals surface area (Å²) in [6.45, 7) is 3.94. The van der Waals surface area contributed by atoms with E-state index in [-0.39, 0.29) is 11.7 Å². The molecule has 0 aromatic heterocycles. The quantitative estimate of drug-likeness (QED) is 0.771. The monoisotopic (exact) mass is 266 g/mol. The highest BCUT2D eigenvalue weighted by molar-refractivity contribution is 6.00. The van der Waals surface area contributed by atoms with Crippen molar-refractivity contribution in [2.75, 3.05) is 14.2 Å². The van der Waals surface area contributed by atoms with Gasteiger partial charge in [0.25, 0.3) is 0 Å². The first-order valence-electron chi connectivity index (χ1n) is 6.53. The Hall–Kier alpha value is -1.55. The van der Waals surface area contributed by atoms with Crippen LogP contribution in [0.4, 0.5) is 0 Å². The van der Waals surface area contributed by atoms with Gasteiger partial charge >= 0.3 is 0 Å². The Labute approximate surface area is 114 Å². The van der Waals surface area contributed by atoms with Gasteiger partial charge in [0.2, 0.25) is 0 Å². The fraction of sp³-hybridized carbons (Fsp3) is 0.533. The van der Waals surface area contributed by atoms with Crippen molar-refractivity contribution < 1.29 is 19.4 Å². The summed E-state index contributed by atoms with van der Waals surface area (Å²) in [5.41, 5.74) is 0.442. The lowest BCUT2D eigenvalue weighted by atomic mass is 9.91. The fourth-order valence-corrected chi connectivity index (χ4v) is 2.11. The summed E-state index contributed by atoms with van der Waals surface area (Å²) < 4.78 is 10.3. The number of rotatable bonds is 7. The number of Topliss-reactive ketones (excluding diaryl/α,β-unsaturated/α-hetero) is 1. The molecule has 1 atom stereocenters. The van der Waals surface area contributed by atoms with E-state index in [1.165, 1.54) is 7.11 Å². The molecule has 0 fully saturated rings. The minimum absolute atomic E-state index is 0.0133. The van der Waals surface area contributed by atoms with Crippen molar-refractivity contribution >= 4 is 5.78 Å². The molecule has 1 unspecified atom stereocenters. The molecule has 0 aliphatic carbocycles. The minimum atomic E-state index is -0.965. The lowest BCUT2D eigenvalue weighted by Crippen LogP contribution is -2.29. The van der Waals surface area contributed by atoms with E-state index >= 15 is 0 Å². The Morgan fingerprint density at radius 3 is 2.21 bits per heavy atom. The second kappa shape index (κ2) is 7.14. The maximum Gasteiger partial charge on any atom is 0.191 e. The van der Waals surface area contributed by atoms with Gasteiger partial charge in [-0.2, -0.15) is 0 Å². The molecule has 106 valence electrons. The van der Waals surface area contributed by atoms with Gasteiger partial charge < -0.3 is 14.6 Å². The molecule has 0 aliphatic rings. The summed E-state index contributed by atoms with van der Waals surface area (Å²) in [5, 5.41) is 10.1. The van der Waals surface area contributed by atoms with Crippen LogP contribution in [0.2, 0.25) is 0 Å². The maximum atomic E-state index is 12.2. The van der Waals surface area contributed by atoms with E-state index in [1.54, 1.807) is 25.3 Å². The summed E-state index contributed by atoms with van der Waals surface area (Å²) >= 11 is 0. The van der Waals surface area contributed by atoms with Crippen LogP contribution >= 0.6 is 0 Å². The SMILES string of the molecule is CCC(CC)C(O)C(=O)c1ccc(OC)c(OC)c1. The van der Waals surface area contributed by atoms with Crippen LogP contribution < -0.4 is 9.47 Å². The average molecular weight is 266 g/mol. The third-order valence-electron chi connectivity index (χ3n) is 3.43. The van der Waals surface area contributed by atoms with Crippen LogP contribution in [0.1, 0.15) is 37.0 Å². The van der Waals surface area contributed by atoms with Crippen molar-refractivity contribution in [1.82, 2.24) is 0 Å². The van der Waals surface area contributed by atoms with Crippen LogP contribution in [-0.4, -0.2) is 31.2 Å². The molecule has 0 radical (unpaired) electrons. The minimum Gasteiger partial charge on any atom is -0.493 e. The lowest BCUT2D eigenvalue weighted by Gasteiger charge is -2.19. The summed E-state index contributed by atoms with van der Waals surface area (Å²) in [5.74, 6) is 0.774. The Morgan fingerprint density at radius 2 is 1.74 bits per heavy atom. The number of benzene rings is 1. The third-order valence-corrected chi connectivity index (χ3v) is 3.43. The zero-order valence-corrected chi connectivity index (χ0v) is 12.0. The summed E-state index contributed by atoms with van der Waals surface area (Å²) in [4.78, 5) is 12.2. The zero-order valence-electron chi connectivity index (χ0n) is 12.0. The van der Waals surface area contributed by atoms with E-state index in [2.05, 4.69) is 0 Å². The van der Waals surface area contributed by atoms with Crippen molar-refractivity contribution in [1.29, 1.82) is 0 Å². The summed E-state index contributed by atoms with van der Waals surface area (Å²) in [6.07, 6.45) is 0.584. The highest BCUT2D eigenvalue weighted by atomic mass is 16.5. The van der Waals surface area contributed by atoms with Crippen molar-refractivity contribution in [3.05, 3.63) is 23.8 Å². The fourth-order valence-electron chi connectivity index (χ4n) is 2.11.